The summed E-state index contributed by atoms with van der Waals surface area (Å²) in [4.78, 5) is 18.4. The molecule has 0 aromatic carbocycles. The number of aliphatic carboxylic acids is 1. The number of rotatable bonds is 5. The van der Waals surface area contributed by atoms with Crippen LogP contribution in [0.3, 0.4) is 0 Å². The molecule has 1 aromatic heterocycles. The summed E-state index contributed by atoms with van der Waals surface area (Å²) in [6.45, 7) is 2.35. The fourth-order valence-corrected chi connectivity index (χ4v) is 0.965. The number of nitrogens with one attached hydrogen (secondary N) is 1. The lowest BCUT2D eigenvalue weighted by Gasteiger charge is -2.03. The van der Waals surface area contributed by atoms with E-state index in [4.69, 9.17) is 5.11 Å². The van der Waals surface area contributed by atoms with Gasteiger partial charge in [0.2, 0.25) is 0 Å². The van der Waals surface area contributed by atoms with Crippen LogP contribution in [0, 0.1) is 0 Å². The Morgan fingerprint density at radius 2 is 2.43 bits per heavy atom. The smallest absolute Gasteiger partial charge is 0.305 e. The van der Waals surface area contributed by atoms with Crippen LogP contribution >= 0.6 is 0 Å². The summed E-state index contributed by atoms with van der Waals surface area (Å²) in [5.74, 6) is 0.616. The molecule has 0 saturated heterocycles. The molecule has 0 aliphatic carbocycles. The highest BCUT2D eigenvalue weighted by molar-refractivity contribution is 5.67. The molecule has 0 fully saturated rings. The molecule has 1 heterocycles. The van der Waals surface area contributed by atoms with Crippen LogP contribution in [0.1, 0.15) is 19.2 Å². The predicted octanol–water partition coefficient (Wildman–Crippen LogP) is 0.926. The molecule has 0 aliphatic heterocycles. The number of carboxylic acid groups (broad SMARTS) is 1. The summed E-state index contributed by atoms with van der Waals surface area (Å²) in [7, 11) is 0. The van der Waals surface area contributed by atoms with E-state index in [9.17, 15) is 4.79 Å². The number of aryl methyl sites for hydroxylation is 1. The van der Waals surface area contributed by atoms with Crippen LogP contribution in [-0.2, 0) is 11.2 Å². The van der Waals surface area contributed by atoms with Gasteiger partial charge in [0.25, 0.3) is 0 Å². The largest absolute Gasteiger partial charge is 0.481 e. The van der Waals surface area contributed by atoms with Crippen LogP contribution in [0.25, 0.3) is 0 Å². The molecule has 76 valence electrons. The van der Waals surface area contributed by atoms with E-state index >= 15 is 0 Å². The van der Waals surface area contributed by atoms with Gasteiger partial charge in [-0.1, -0.05) is 6.92 Å². The van der Waals surface area contributed by atoms with Gasteiger partial charge >= 0.3 is 5.97 Å². The normalized spacial score (nSPS) is 9.79. The monoisotopic (exact) mass is 195 g/mol. The lowest BCUT2D eigenvalue weighted by Crippen LogP contribution is -2.09. The summed E-state index contributed by atoms with van der Waals surface area (Å²) in [5, 5.41) is 11.3. The van der Waals surface area contributed by atoms with Crippen LogP contribution in [-0.4, -0.2) is 27.6 Å². The Balaban J connectivity index is 2.46. The summed E-state index contributed by atoms with van der Waals surface area (Å²) in [6, 6.07) is 1.72. The number of carboxylic acids is 1. The molecule has 0 aliphatic rings. The van der Waals surface area contributed by atoms with Crippen molar-refractivity contribution in [2.75, 3.05) is 11.9 Å². The maximum Gasteiger partial charge on any atom is 0.305 e. The first kappa shape index (κ1) is 10.4. The number of hydrogen-bond donors (Lipinski definition) is 2. The second-order valence-electron chi connectivity index (χ2n) is 2.78. The predicted molar refractivity (Wildman–Crippen MR) is 52.2 cm³/mol. The zero-order valence-corrected chi connectivity index (χ0v) is 8.03. The van der Waals surface area contributed by atoms with Gasteiger partial charge in [0, 0.05) is 19.2 Å². The Labute approximate surface area is 82.2 Å². The second kappa shape index (κ2) is 5.16. The fourth-order valence-electron chi connectivity index (χ4n) is 0.965. The van der Waals surface area contributed by atoms with Crippen LogP contribution in [0.5, 0.6) is 0 Å². The minimum absolute atomic E-state index is 0.0888. The molecule has 0 bridgehead atoms. The minimum Gasteiger partial charge on any atom is -0.481 e. The van der Waals surface area contributed by atoms with Crippen LogP contribution in [0.2, 0.25) is 0 Å². The minimum atomic E-state index is -0.817. The average Bonchev–Trinajstić information content (AvgIpc) is 2.18. The van der Waals surface area contributed by atoms with Gasteiger partial charge < -0.3 is 10.4 Å². The summed E-state index contributed by atoms with van der Waals surface area (Å²) >= 11 is 0. The van der Waals surface area contributed by atoms with Gasteiger partial charge in [0.05, 0.1) is 6.42 Å². The molecule has 1 aromatic rings. The lowest BCUT2D eigenvalue weighted by atomic mass is 10.4. The van der Waals surface area contributed by atoms with E-state index in [0.717, 1.165) is 12.2 Å². The number of nitrogens with zero attached hydrogens (tertiary/aromatic N) is 2. The maximum absolute atomic E-state index is 10.2. The molecular weight excluding hydrogens is 182 g/mol. The van der Waals surface area contributed by atoms with E-state index < -0.39 is 5.97 Å². The van der Waals surface area contributed by atoms with Crippen molar-refractivity contribution in [1.82, 2.24) is 9.97 Å². The van der Waals surface area contributed by atoms with E-state index in [-0.39, 0.29) is 6.42 Å². The number of hydrogen-bond acceptors (Lipinski definition) is 4. The Morgan fingerprint density at radius 1 is 1.64 bits per heavy atom. The van der Waals surface area contributed by atoms with Crippen molar-refractivity contribution in [2.45, 2.75) is 19.8 Å². The molecule has 0 amide bonds. The molecule has 5 nitrogen and oxygen atoms in total. The standard InChI is InChI=1S/C9H13N3O2/c1-2-7-10-5-3-8(12-7)11-6-4-9(13)14/h3,5H,2,4,6H2,1H3,(H,13,14)(H,10,11,12). The van der Waals surface area contributed by atoms with Gasteiger partial charge in [-0.25, -0.2) is 9.97 Å². The molecule has 0 unspecified atom stereocenters. The molecule has 14 heavy (non-hydrogen) atoms. The van der Waals surface area contributed by atoms with Crippen molar-refractivity contribution in [2.24, 2.45) is 0 Å². The number of anilines is 1. The number of aromatic nitrogens is 2. The first-order chi connectivity index (χ1) is 6.72. The SMILES string of the molecule is CCc1nccc(NCCC(=O)O)n1. The summed E-state index contributed by atoms with van der Waals surface area (Å²) < 4.78 is 0. The molecule has 0 atom stereocenters. The van der Waals surface area contributed by atoms with Crippen molar-refractivity contribution in [3.05, 3.63) is 18.1 Å². The van der Waals surface area contributed by atoms with Crippen LogP contribution in [0.4, 0.5) is 5.82 Å². The van der Waals surface area contributed by atoms with E-state index in [1.165, 1.54) is 0 Å². The van der Waals surface area contributed by atoms with Crippen molar-refractivity contribution in [1.29, 1.82) is 0 Å². The highest BCUT2D eigenvalue weighted by Crippen LogP contribution is 2.01. The first-order valence-electron chi connectivity index (χ1n) is 4.50. The van der Waals surface area contributed by atoms with Gasteiger partial charge in [0.1, 0.15) is 11.6 Å². The molecule has 0 spiro atoms. The van der Waals surface area contributed by atoms with E-state index in [1.807, 2.05) is 6.92 Å². The Hall–Kier alpha value is -1.65. The molecule has 0 radical (unpaired) electrons. The third-order valence-corrected chi connectivity index (χ3v) is 1.67. The number of carbonyl (C=O) groups is 1. The average molecular weight is 195 g/mol. The van der Waals surface area contributed by atoms with Gasteiger partial charge in [0.15, 0.2) is 0 Å². The maximum atomic E-state index is 10.2. The highest BCUT2D eigenvalue weighted by Gasteiger charge is 1.98. The van der Waals surface area contributed by atoms with E-state index in [1.54, 1.807) is 12.3 Å². The molecule has 2 N–H and O–H groups in total. The quantitative estimate of drug-likeness (QED) is 0.730. The molecule has 5 heteroatoms. The third-order valence-electron chi connectivity index (χ3n) is 1.67. The van der Waals surface area contributed by atoms with Gasteiger partial charge in [-0.05, 0) is 6.07 Å². The second-order valence-corrected chi connectivity index (χ2v) is 2.78. The Kier molecular flexibility index (Phi) is 3.84. The topological polar surface area (TPSA) is 75.1 Å². The zero-order valence-electron chi connectivity index (χ0n) is 8.03. The van der Waals surface area contributed by atoms with Crippen LogP contribution in [0.15, 0.2) is 12.3 Å². The molecule has 0 saturated carbocycles. The van der Waals surface area contributed by atoms with Gasteiger partial charge in [-0.3, -0.25) is 4.79 Å². The van der Waals surface area contributed by atoms with Crippen molar-refractivity contribution in [3.63, 3.8) is 0 Å². The highest BCUT2D eigenvalue weighted by atomic mass is 16.4. The van der Waals surface area contributed by atoms with Crippen molar-refractivity contribution >= 4 is 11.8 Å². The molecule has 1 rings (SSSR count). The van der Waals surface area contributed by atoms with Crippen molar-refractivity contribution < 1.29 is 9.90 Å². The van der Waals surface area contributed by atoms with E-state index in [0.29, 0.717) is 12.4 Å². The van der Waals surface area contributed by atoms with Gasteiger partial charge in [-0.15, -0.1) is 0 Å². The molecular formula is C9H13N3O2. The first-order valence-corrected chi connectivity index (χ1v) is 4.50. The van der Waals surface area contributed by atoms with Gasteiger partial charge in [-0.2, -0.15) is 0 Å². The van der Waals surface area contributed by atoms with Crippen molar-refractivity contribution in [3.8, 4) is 0 Å². The fraction of sp³-hybridized carbons (Fsp3) is 0.444. The van der Waals surface area contributed by atoms with Crippen LogP contribution < -0.4 is 5.32 Å². The lowest BCUT2D eigenvalue weighted by molar-refractivity contribution is -0.136. The summed E-state index contributed by atoms with van der Waals surface area (Å²) in [6.07, 6.45) is 2.52. The zero-order chi connectivity index (χ0) is 10.4. The Bertz CT molecular complexity index is 315. The van der Waals surface area contributed by atoms with E-state index in [2.05, 4.69) is 15.3 Å². The third kappa shape index (κ3) is 3.38. The Morgan fingerprint density at radius 3 is 3.07 bits per heavy atom. The summed E-state index contributed by atoms with van der Waals surface area (Å²) in [5.41, 5.74) is 0.